The third kappa shape index (κ3) is 1.78. The third-order valence-electron chi connectivity index (χ3n) is 1.64. The standard InChI is InChI=1S/C8H12N2O2/c1-6-3-10-7(4-9-6)8(2,12)5-11/h3-4,11-12H,5H2,1-2H3/t8-/m1/s1. The van der Waals surface area contributed by atoms with E-state index in [1.54, 1.807) is 6.20 Å². The summed E-state index contributed by atoms with van der Waals surface area (Å²) >= 11 is 0. The van der Waals surface area contributed by atoms with E-state index >= 15 is 0 Å². The molecule has 4 nitrogen and oxygen atoms in total. The molecule has 0 amide bonds. The molecule has 4 heteroatoms. The summed E-state index contributed by atoms with van der Waals surface area (Å²) in [5, 5.41) is 18.3. The molecule has 0 aromatic carbocycles. The van der Waals surface area contributed by atoms with E-state index in [1.165, 1.54) is 13.1 Å². The van der Waals surface area contributed by atoms with E-state index in [-0.39, 0.29) is 6.61 Å². The van der Waals surface area contributed by atoms with E-state index in [1.807, 2.05) is 6.92 Å². The van der Waals surface area contributed by atoms with Crippen molar-refractivity contribution in [3.8, 4) is 0 Å². The highest BCUT2D eigenvalue weighted by atomic mass is 16.3. The van der Waals surface area contributed by atoms with E-state index in [2.05, 4.69) is 9.97 Å². The molecule has 0 fully saturated rings. The summed E-state index contributed by atoms with van der Waals surface area (Å²) in [6.07, 6.45) is 3.02. The Morgan fingerprint density at radius 2 is 2.08 bits per heavy atom. The van der Waals surface area contributed by atoms with Crippen molar-refractivity contribution in [3.63, 3.8) is 0 Å². The molecule has 12 heavy (non-hydrogen) atoms. The second-order valence-electron chi connectivity index (χ2n) is 2.97. The highest BCUT2D eigenvalue weighted by Crippen LogP contribution is 2.15. The fourth-order valence-corrected chi connectivity index (χ4v) is 0.752. The zero-order valence-corrected chi connectivity index (χ0v) is 7.15. The maximum Gasteiger partial charge on any atom is 0.128 e. The molecular formula is C8H12N2O2. The number of aliphatic hydroxyl groups excluding tert-OH is 1. The molecule has 0 aliphatic carbocycles. The topological polar surface area (TPSA) is 66.2 Å². The molecule has 0 radical (unpaired) electrons. The van der Waals surface area contributed by atoms with Crippen molar-refractivity contribution >= 4 is 0 Å². The Bertz CT molecular complexity index is 256. The molecule has 1 atom stereocenters. The van der Waals surface area contributed by atoms with Gasteiger partial charge in [-0.25, -0.2) is 0 Å². The zero-order valence-electron chi connectivity index (χ0n) is 7.15. The van der Waals surface area contributed by atoms with E-state index in [9.17, 15) is 5.11 Å². The van der Waals surface area contributed by atoms with Crippen molar-refractivity contribution in [1.82, 2.24) is 9.97 Å². The zero-order chi connectivity index (χ0) is 9.19. The van der Waals surface area contributed by atoms with Crippen LogP contribution in [0.4, 0.5) is 0 Å². The lowest BCUT2D eigenvalue weighted by atomic mass is 10.1. The van der Waals surface area contributed by atoms with Gasteiger partial charge in [0.05, 0.1) is 24.2 Å². The number of hydrogen-bond donors (Lipinski definition) is 2. The first-order valence-electron chi connectivity index (χ1n) is 3.68. The van der Waals surface area contributed by atoms with E-state index in [0.717, 1.165) is 5.69 Å². The van der Waals surface area contributed by atoms with Crippen LogP contribution in [-0.4, -0.2) is 26.8 Å². The lowest BCUT2D eigenvalue weighted by molar-refractivity contribution is -0.00618. The van der Waals surface area contributed by atoms with Crippen LogP contribution in [0, 0.1) is 6.92 Å². The average molecular weight is 168 g/mol. The van der Waals surface area contributed by atoms with Gasteiger partial charge < -0.3 is 10.2 Å². The fraction of sp³-hybridized carbons (Fsp3) is 0.500. The summed E-state index contributed by atoms with van der Waals surface area (Å²) in [6, 6.07) is 0. The molecule has 1 heterocycles. The van der Waals surface area contributed by atoms with Crippen molar-refractivity contribution in [2.24, 2.45) is 0 Å². The van der Waals surface area contributed by atoms with Crippen LogP contribution in [0.2, 0.25) is 0 Å². The molecule has 1 aromatic rings. The maximum atomic E-state index is 9.53. The number of aryl methyl sites for hydroxylation is 1. The summed E-state index contributed by atoms with van der Waals surface area (Å²) in [5.74, 6) is 0. The number of rotatable bonds is 2. The van der Waals surface area contributed by atoms with Crippen LogP contribution >= 0.6 is 0 Å². The molecule has 0 spiro atoms. The maximum absolute atomic E-state index is 9.53. The van der Waals surface area contributed by atoms with Gasteiger partial charge in [0.2, 0.25) is 0 Å². The highest BCUT2D eigenvalue weighted by molar-refractivity contribution is 5.08. The first-order chi connectivity index (χ1) is 5.56. The monoisotopic (exact) mass is 168 g/mol. The van der Waals surface area contributed by atoms with Crippen LogP contribution < -0.4 is 0 Å². The minimum absolute atomic E-state index is 0.356. The van der Waals surface area contributed by atoms with Gasteiger partial charge in [0.15, 0.2) is 0 Å². The predicted molar refractivity (Wildman–Crippen MR) is 43.4 cm³/mol. The highest BCUT2D eigenvalue weighted by Gasteiger charge is 2.23. The molecule has 0 unspecified atom stereocenters. The molecular weight excluding hydrogens is 156 g/mol. The van der Waals surface area contributed by atoms with Crippen molar-refractivity contribution < 1.29 is 10.2 Å². The number of nitrogens with zero attached hydrogens (tertiary/aromatic N) is 2. The smallest absolute Gasteiger partial charge is 0.128 e. The van der Waals surface area contributed by atoms with Gasteiger partial charge in [0.25, 0.3) is 0 Å². The van der Waals surface area contributed by atoms with Gasteiger partial charge in [0.1, 0.15) is 5.60 Å². The quantitative estimate of drug-likeness (QED) is 0.651. The van der Waals surface area contributed by atoms with Crippen molar-refractivity contribution in [2.75, 3.05) is 6.61 Å². The van der Waals surface area contributed by atoms with Crippen LogP contribution in [0.1, 0.15) is 18.3 Å². The SMILES string of the molecule is Cc1cnc([C@](C)(O)CO)cn1. The van der Waals surface area contributed by atoms with Gasteiger partial charge >= 0.3 is 0 Å². The van der Waals surface area contributed by atoms with E-state index in [4.69, 9.17) is 5.11 Å². The van der Waals surface area contributed by atoms with E-state index in [0.29, 0.717) is 5.69 Å². The lowest BCUT2D eigenvalue weighted by Gasteiger charge is -2.18. The summed E-state index contributed by atoms with van der Waals surface area (Å²) in [4.78, 5) is 7.91. The Morgan fingerprint density at radius 3 is 2.50 bits per heavy atom. The Morgan fingerprint density at radius 1 is 1.42 bits per heavy atom. The molecule has 2 N–H and O–H groups in total. The molecule has 0 aliphatic rings. The normalized spacial score (nSPS) is 15.7. The van der Waals surface area contributed by atoms with Gasteiger partial charge in [-0.2, -0.15) is 0 Å². The van der Waals surface area contributed by atoms with Gasteiger partial charge in [0, 0.05) is 6.20 Å². The molecule has 1 rings (SSSR count). The van der Waals surface area contributed by atoms with Crippen LogP contribution in [0.25, 0.3) is 0 Å². The van der Waals surface area contributed by atoms with Gasteiger partial charge in [-0.1, -0.05) is 0 Å². The van der Waals surface area contributed by atoms with Gasteiger partial charge in [-0.3, -0.25) is 9.97 Å². The summed E-state index contributed by atoms with van der Waals surface area (Å²) in [5.41, 5.74) is -0.121. The predicted octanol–water partition coefficient (Wildman–Crippen LogP) is -0.0152. The summed E-state index contributed by atoms with van der Waals surface area (Å²) in [6.45, 7) is 2.95. The average Bonchev–Trinajstić information content (AvgIpc) is 2.05. The van der Waals surface area contributed by atoms with Crippen LogP contribution in [0.3, 0.4) is 0 Å². The van der Waals surface area contributed by atoms with Crippen LogP contribution in [-0.2, 0) is 5.60 Å². The largest absolute Gasteiger partial charge is 0.393 e. The van der Waals surface area contributed by atoms with Gasteiger partial charge in [-0.15, -0.1) is 0 Å². The second kappa shape index (κ2) is 3.16. The molecule has 66 valence electrons. The summed E-state index contributed by atoms with van der Waals surface area (Å²) < 4.78 is 0. The van der Waals surface area contributed by atoms with E-state index < -0.39 is 5.60 Å². The summed E-state index contributed by atoms with van der Waals surface area (Å²) in [7, 11) is 0. The molecule has 0 aliphatic heterocycles. The van der Waals surface area contributed by atoms with Crippen LogP contribution in [0.5, 0.6) is 0 Å². The molecule has 0 saturated heterocycles. The Kier molecular flexibility index (Phi) is 2.40. The Balaban J connectivity index is 2.96. The fourth-order valence-electron chi connectivity index (χ4n) is 0.752. The molecule has 0 bridgehead atoms. The second-order valence-corrected chi connectivity index (χ2v) is 2.97. The molecule has 0 saturated carbocycles. The van der Waals surface area contributed by atoms with Crippen molar-refractivity contribution in [2.45, 2.75) is 19.4 Å². The van der Waals surface area contributed by atoms with Gasteiger partial charge in [-0.05, 0) is 13.8 Å². The first kappa shape index (κ1) is 9.09. The number of aliphatic hydroxyl groups is 2. The Labute approximate surface area is 70.9 Å². The van der Waals surface area contributed by atoms with Crippen molar-refractivity contribution in [1.29, 1.82) is 0 Å². The lowest BCUT2D eigenvalue weighted by Crippen LogP contribution is -2.27. The Hall–Kier alpha value is -1.00. The minimum Gasteiger partial charge on any atom is -0.393 e. The molecule has 1 aromatic heterocycles. The van der Waals surface area contributed by atoms with Crippen molar-refractivity contribution in [3.05, 3.63) is 23.8 Å². The number of hydrogen-bond acceptors (Lipinski definition) is 4. The minimum atomic E-state index is -1.29. The third-order valence-corrected chi connectivity index (χ3v) is 1.64. The first-order valence-corrected chi connectivity index (χ1v) is 3.68. The van der Waals surface area contributed by atoms with Crippen LogP contribution in [0.15, 0.2) is 12.4 Å². The number of aromatic nitrogens is 2.